The van der Waals surface area contributed by atoms with Crippen molar-refractivity contribution >= 4 is 68.3 Å². The third kappa shape index (κ3) is 10.6. The van der Waals surface area contributed by atoms with Crippen molar-refractivity contribution in [3.8, 4) is 12.1 Å². The van der Waals surface area contributed by atoms with Gasteiger partial charge in [0.15, 0.2) is 34.4 Å². The highest BCUT2D eigenvalue weighted by atomic mass is 19.2. The molecule has 4 aliphatic rings. The molecule has 3 aromatic carbocycles. The number of rotatable bonds is 15. The zero-order valence-electron chi connectivity index (χ0n) is 48.8. The summed E-state index contributed by atoms with van der Waals surface area (Å²) in [6.07, 6.45) is 5.64. The number of hydrogen-bond acceptors (Lipinski definition) is 14. The van der Waals surface area contributed by atoms with Crippen molar-refractivity contribution in [3.63, 3.8) is 0 Å². The van der Waals surface area contributed by atoms with Gasteiger partial charge in [0.2, 0.25) is 0 Å². The first-order chi connectivity index (χ1) is 43.0. The largest absolute Gasteiger partial charge is 0.347 e. The predicted octanol–water partition coefficient (Wildman–Crippen LogP) is 10.3. The van der Waals surface area contributed by atoms with Gasteiger partial charge in [-0.1, -0.05) is 0 Å². The van der Waals surface area contributed by atoms with Crippen molar-refractivity contribution < 1.29 is 45.1 Å². The van der Waals surface area contributed by atoms with Crippen LogP contribution < -0.4 is 30.7 Å². The molecule has 4 fully saturated rings. The molecule has 2 unspecified atom stereocenters. The number of aromatic amines is 1. The van der Waals surface area contributed by atoms with E-state index in [1.165, 1.54) is 64.5 Å². The Balaban J connectivity index is 0.962. The van der Waals surface area contributed by atoms with Crippen LogP contribution in [0.5, 0.6) is 0 Å². The highest BCUT2D eigenvalue weighted by molar-refractivity contribution is 6.02. The summed E-state index contributed by atoms with van der Waals surface area (Å²) in [5.41, 5.74) is -2.94. The quantitative estimate of drug-likeness (QED) is 0.0698. The molecule has 9 aromatic rings. The highest BCUT2D eigenvalue weighted by Gasteiger charge is 2.47. The van der Waals surface area contributed by atoms with Gasteiger partial charge in [-0.2, -0.15) is 25.8 Å². The standard InChI is InChI=1S/C63H56F7N17O3/c1-61(2,29-64)76-58(88)33-17-44-53(74-25-33)86(81-56(44)83-15-5-6-49(83)40-19-35(65)7-10-46(40)68)39-23-51(42-21-37(67)9-12-48(42)70)85(28-39)57-45-18-34(60(90)78-63(31-72)13-14-63)26-75-54(45)87(82-57)38-22-50(41-20-36(66)8-11-47(41)69)84(27-38)55-43-16-32(24-73-52(43)79-80-55)59(89)77-62(3,4)30-71/h7-12,16-21,24-26,38-39,49-51H,5-6,13-15,22-23,27-29H2,1-4H3,(H,76,88)(H,77,89)(H,78,90)(H,73,79,80)/t38?,39?,49-,50-,51-/m1/s1. The van der Waals surface area contributed by atoms with E-state index in [-0.39, 0.29) is 99.1 Å². The number of nitriles is 2. The summed E-state index contributed by atoms with van der Waals surface area (Å²) < 4.78 is 112. The molecule has 0 spiro atoms. The van der Waals surface area contributed by atoms with Crippen LogP contribution in [0, 0.1) is 57.6 Å². The maximum absolute atomic E-state index is 16.7. The summed E-state index contributed by atoms with van der Waals surface area (Å²) in [6.45, 7) is 5.37. The predicted molar refractivity (Wildman–Crippen MR) is 315 cm³/mol. The van der Waals surface area contributed by atoms with Gasteiger partial charge >= 0.3 is 0 Å². The van der Waals surface area contributed by atoms with Crippen LogP contribution in [0.3, 0.4) is 0 Å². The minimum atomic E-state index is -1.26. The number of pyridine rings is 3. The SMILES string of the molecule is CC(C)(C#N)NC(=O)c1cnc2[nH]nc(N3CC(n4nc(N5CC(n6nc(N7CCC[C@@H]7c7cc(F)ccc7F)c7cc(C(=O)NC(C)(C)CF)cnc76)C[C@@H]5c5cc(F)ccc5F)c5cc(C(=O)NC6(C#N)CC6)cnc54)C[C@@H]3c3cc(F)ccc3F)c2c1. The Morgan fingerprint density at radius 2 is 1.10 bits per heavy atom. The van der Waals surface area contributed by atoms with Crippen LogP contribution in [0.4, 0.5) is 48.2 Å². The molecule has 90 heavy (non-hydrogen) atoms. The van der Waals surface area contributed by atoms with Crippen molar-refractivity contribution in [1.29, 1.82) is 10.5 Å². The van der Waals surface area contributed by atoms with Crippen molar-refractivity contribution in [3.05, 3.63) is 160 Å². The Morgan fingerprint density at radius 1 is 0.622 bits per heavy atom. The Bertz CT molecular complexity index is 4510. The average Bonchev–Trinajstić information content (AvgIpc) is 1.66. The maximum atomic E-state index is 16.7. The van der Waals surface area contributed by atoms with Crippen molar-refractivity contribution in [2.75, 3.05) is 41.0 Å². The summed E-state index contributed by atoms with van der Waals surface area (Å²) in [4.78, 5) is 60.8. The molecule has 1 aliphatic carbocycles. The van der Waals surface area contributed by atoms with Gasteiger partial charge < -0.3 is 30.7 Å². The summed E-state index contributed by atoms with van der Waals surface area (Å²) in [6, 6.07) is 13.6. The van der Waals surface area contributed by atoms with Crippen molar-refractivity contribution in [2.45, 2.75) is 113 Å². The minimum absolute atomic E-state index is 0.00409. The molecule has 13 rings (SSSR count). The Morgan fingerprint density at radius 3 is 1.61 bits per heavy atom. The highest BCUT2D eigenvalue weighted by Crippen LogP contribution is 2.49. The lowest BCUT2D eigenvalue weighted by Crippen LogP contribution is -2.45. The number of halogens is 7. The molecule has 6 aromatic heterocycles. The smallest absolute Gasteiger partial charge is 0.254 e. The van der Waals surface area contributed by atoms with Crippen LogP contribution >= 0.6 is 0 Å². The van der Waals surface area contributed by atoms with E-state index in [1.807, 2.05) is 6.07 Å². The van der Waals surface area contributed by atoms with E-state index in [9.17, 15) is 33.7 Å². The number of carbonyl (C=O) groups excluding carboxylic acids is 3. The van der Waals surface area contributed by atoms with Crippen LogP contribution in [0.25, 0.3) is 33.1 Å². The van der Waals surface area contributed by atoms with Crippen LogP contribution in [0.15, 0.2) is 91.4 Å². The van der Waals surface area contributed by atoms with Gasteiger partial charge in [0.25, 0.3) is 17.7 Å². The second kappa shape index (κ2) is 22.1. The fourth-order valence-corrected chi connectivity index (χ4v) is 12.6. The topological polar surface area (TPSA) is 248 Å². The van der Waals surface area contributed by atoms with Crippen LogP contribution in [0.2, 0.25) is 0 Å². The first-order valence-electron chi connectivity index (χ1n) is 29.2. The summed E-state index contributed by atoms with van der Waals surface area (Å²) in [7, 11) is 0. The van der Waals surface area contributed by atoms with E-state index in [0.29, 0.717) is 43.0 Å². The summed E-state index contributed by atoms with van der Waals surface area (Å²) in [5, 5.41) is 46.6. The van der Waals surface area contributed by atoms with Gasteiger partial charge in [0.1, 0.15) is 52.7 Å². The molecule has 9 heterocycles. The number of nitrogens with zero attached hydrogens (tertiary/aromatic N) is 13. The number of benzene rings is 3. The van der Waals surface area contributed by atoms with Crippen LogP contribution in [0.1, 0.15) is 144 Å². The zero-order valence-corrected chi connectivity index (χ0v) is 48.8. The number of alkyl halides is 1. The number of amides is 3. The van der Waals surface area contributed by atoms with E-state index < -0.39 is 106 Å². The number of aromatic nitrogens is 9. The Kier molecular flexibility index (Phi) is 14.5. The number of anilines is 3. The number of carbonyl (C=O) groups is 3. The fraction of sp³-hybridized carbons (Fsp3) is 0.349. The number of hydrogen-bond donors (Lipinski definition) is 4. The lowest BCUT2D eigenvalue weighted by atomic mass is 10.0. The van der Waals surface area contributed by atoms with Gasteiger partial charge in [-0.25, -0.2) is 55.0 Å². The Labute approximate surface area is 508 Å². The second-order valence-corrected chi connectivity index (χ2v) is 24.7. The molecular weight excluding hydrogens is 1180 g/mol. The number of nitrogens with one attached hydrogen (secondary N) is 4. The first kappa shape index (κ1) is 58.8. The van der Waals surface area contributed by atoms with E-state index >= 15 is 22.0 Å². The van der Waals surface area contributed by atoms with Gasteiger partial charge in [0, 0.05) is 54.9 Å². The van der Waals surface area contributed by atoms with Gasteiger partial charge in [-0.3, -0.25) is 19.5 Å². The summed E-state index contributed by atoms with van der Waals surface area (Å²) in [5.74, 6) is -5.69. The van der Waals surface area contributed by atoms with E-state index in [1.54, 1.807) is 24.1 Å². The molecule has 460 valence electrons. The Hall–Kier alpha value is -10.2. The molecular formula is C63H56F7N17O3. The average molecular weight is 1230 g/mol. The minimum Gasteiger partial charge on any atom is -0.347 e. The summed E-state index contributed by atoms with van der Waals surface area (Å²) >= 11 is 0. The molecule has 1 saturated carbocycles. The lowest BCUT2D eigenvalue weighted by Gasteiger charge is -2.26. The van der Waals surface area contributed by atoms with E-state index in [4.69, 9.17) is 20.2 Å². The van der Waals surface area contributed by atoms with E-state index in [0.717, 1.165) is 54.6 Å². The monoisotopic (exact) mass is 1230 g/mol. The lowest BCUT2D eigenvalue weighted by molar-refractivity contribution is 0.0896. The van der Waals surface area contributed by atoms with Crippen LogP contribution in [-0.4, -0.2) is 105 Å². The van der Waals surface area contributed by atoms with Gasteiger partial charge in [-0.15, -0.1) is 0 Å². The van der Waals surface area contributed by atoms with Crippen molar-refractivity contribution in [2.24, 2.45) is 0 Å². The third-order valence-electron chi connectivity index (χ3n) is 17.3. The van der Waals surface area contributed by atoms with Gasteiger partial charge in [-0.05, 0) is 139 Å². The number of H-pyrrole nitrogens is 1. The molecule has 20 nitrogen and oxygen atoms in total. The molecule has 4 N–H and O–H groups in total. The second-order valence-electron chi connectivity index (χ2n) is 24.7. The molecule has 3 saturated heterocycles. The van der Waals surface area contributed by atoms with Gasteiger partial charge in [0.05, 0.1) is 80.7 Å². The van der Waals surface area contributed by atoms with Crippen LogP contribution in [-0.2, 0) is 0 Å². The zero-order chi connectivity index (χ0) is 63.3. The molecule has 0 bridgehead atoms. The normalized spacial score (nSPS) is 19.8. The molecule has 3 aliphatic heterocycles. The fourth-order valence-electron chi connectivity index (χ4n) is 12.6. The van der Waals surface area contributed by atoms with Crippen molar-refractivity contribution in [1.82, 2.24) is 60.7 Å². The number of fused-ring (bicyclic) bond motifs is 3. The molecule has 3 amide bonds. The third-order valence-corrected chi connectivity index (χ3v) is 17.3. The molecule has 5 atom stereocenters. The van der Waals surface area contributed by atoms with E-state index in [2.05, 4.69) is 37.2 Å². The molecule has 0 radical (unpaired) electrons. The molecule has 27 heteroatoms. The maximum Gasteiger partial charge on any atom is 0.254 e. The first-order valence-corrected chi connectivity index (χ1v) is 29.2.